The molecule has 3 rings (SSSR count). The van der Waals surface area contributed by atoms with Gasteiger partial charge in [-0.05, 0) is 37.3 Å². The normalized spacial score (nSPS) is 18.8. The summed E-state index contributed by atoms with van der Waals surface area (Å²) in [6.07, 6.45) is 4.16. The molecule has 1 amide bonds. The molecule has 0 radical (unpaired) electrons. The molecule has 104 valence electrons. The Bertz CT molecular complexity index is 623. The van der Waals surface area contributed by atoms with E-state index in [0.717, 1.165) is 16.7 Å². The summed E-state index contributed by atoms with van der Waals surface area (Å²) < 4.78 is 3.17. The number of halogens is 1. The molecule has 1 saturated heterocycles. The zero-order chi connectivity index (χ0) is 14.1. The highest BCUT2D eigenvalue weighted by atomic mass is 79.9. The molecular formula is C15H15BrN2OS. The summed E-state index contributed by atoms with van der Waals surface area (Å²) in [6.45, 7) is 2.79. The number of rotatable bonds is 3. The molecule has 3 nitrogen and oxygen atoms in total. The van der Waals surface area contributed by atoms with Crippen LogP contribution in [0.15, 0.2) is 47.2 Å². The number of hydrogen-bond donors (Lipinski definition) is 0. The minimum Gasteiger partial charge on any atom is -0.326 e. The highest BCUT2D eigenvalue weighted by Gasteiger charge is 2.31. The summed E-state index contributed by atoms with van der Waals surface area (Å²) in [5.41, 5.74) is 2.31. The fourth-order valence-electron chi connectivity index (χ4n) is 2.41. The first-order valence-electron chi connectivity index (χ1n) is 6.54. The molecule has 1 aliphatic rings. The van der Waals surface area contributed by atoms with Crippen LogP contribution in [0.4, 0.5) is 0 Å². The molecule has 0 unspecified atom stereocenters. The predicted octanol–water partition coefficient (Wildman–Crippen LogP) is 3.83. The molecule has 1 aromatic heterocycles. The lowest BCUT2D eigenvalue weighted by Gasteiger charge is -2.21. The summed E-state index contributed by atoms with van der Waals surface area (Å²) in [7, 11) is 0. The number of thioether (sulfide) groups is 1. The number of aromatic nitrogens is 1. The van der Waals surface area contributed by atoms with E-state index >= 15 is 0 Å². The molecule has 2 aromatic rings. The maximum Gasteiger partial charge on any atom is 0.233 e. The third-order valence-electron chi connectivity index (χ3n) is 3.43. The molecule has 2 heterocycles. The molecule has 20 heavy (non-hydrogen) atoms. The smallest absolute Gasteiger partial charge is 0.233 e. The second-order valence-electron chi connectivity index (χ2n) is 4.67. The number of amides is 1. The Labute approximate surface area is 131 Å². The summed E-state index contributed by atoms with van der Waals surface area (Å²) in [6, 6.07) is 10.3. The highest BCUT2D eigenvalue weighted by molar-refractivity contribution is 9.10. The van der Waals surface area contributed by atoms with Gasteiger partial charge < -0.3 is 9.47 Å². The third-order valence-corrected chi connectivity index (χ3v) is 5.22. The van der Waals surface area contributed by atoms with Gasteiger partial charge in [0, 0.05) is 34.7 Å². The first-order valence-corrected chi connectivity index (χ1v) is 8.38. The van der Waals surface area contributed by atoms with Crippen molar-refractivity contribution in [3.8, 4) is 5.69 Å². The van der Waals surface area contributed by atoms with Crippen LogP contribution in [0.3, 0.4) is 0 Å². The standard InChI is InChI=1S/C15H15BrN2OS/c1-2-18-14(19)10-20-15(18)11-7-8-17(9-11)13-5-3-12(16)4-6-13/h3-9,15H,2,10H2,1H3/t15-/m1/s1. The second kappa shape index (κ2) is 5.66. The van der Waals surface area contributed by atoms with Crippen LogP contribution in [0, 0.1) is 0 Å². The monoisotopic (exact) mass is 350 g/mol. The van der Waals surface area contributed by atoms with E-state index in [2.05, 4.69) is 51.1 Å². The lowest BCUT2D eigenvalue weighted by atomic mass is 10.3. The van der Waals surface area contributed by atoms with Crippen LogP contribution in [0.5, 0.6) is 0 Å². The molecule has 0 saturated carbocycles. The maximum atomic E-state index is 11.8. The van der Waals surface area contributed by atoms with Crippen molar-refractivity contribution in [2.45, 2.75) is 12.3 Å². The zero-order valence-electron chi connectivity index (χ0n) is 11.1. The number of hydrogen-bond acceptors (Lipinski definition) is 2. The Morgan fingerprint density at radius 3 is 2.75 bits per heavy atom. The summed E-state index contributed by atoms with van der Waals surface area (Å²) in [5, 5.41) is 0.157. The minimum absolute atomic E-state index is 0.157. The van der Waals surface area contributed by atoms with Crippen molar-refractivity contribution in [1.82, 2.24) is 9.47 Å². The maximum absolute atomic E-state index is 11.8. The SMILES string of the molecule is CCN1C(=O)CS[C@@H]1c1ccn(-c2ccc(Br)cc2)c1. The van der Waals surface area contributed by atoms with Gasteiger partial charge in [0.2, 0.25) is 5.91 Å². The van der Waals surface area contributed by atoms with E-state index in [-0.39, 0.29) is 11.3 Å². The van der Waals surface area contributed by atoms with Crippen LogP contribution in [0.2, 0.25) is 0 Å². The first kappa shape index (κ1) is 13.8. The molecule has 1 aliphatic heterocycles. The lowest BCUT2D eigenvalue weighted by Crippen LogP contribution is -2.27. The largest absolute Gasteiger partial charge is 0.326 e. The van der Waals surface area contributed by atoms with Crippen molar-refractivity contribution in [2.24, 2.45) is 0 Å². The Morgan fingerprint density at radius 1 is 1.30 bits per heavy atom. The Hall–Kier alpha value is -1.20. The molecule has 1 atom stereocenters. The van der Waals surface area contributed by atoms with Gasteiger partial charge in [-0.1, -0.05) is 15.9 Å². The van der Waals surface area contributed by atoms with E-state index in [1.54, 1.807) is 11.8 Å². The van der Waals surface area contributed by atoms with Gasteiger partial charge in [-0.15, -0.1) is 11.8 Å². The van der Waals surface area contributed by atoms with E-state index in [9.17, 15) is 4.79 Å². The Morgan fingerprint density at radius 2 is 2.05 bits per heavy atom. The van der Waals surface area contributed by atoms with Crippen molar-refractivity contribution >= 4 is 33.6 Å². The summed E-state index contributed by atoms with van der Waals surface area (Å²) in [5.74, 6) is 0.820. The van der Waals surface area contributed by atoms with Gasteiger partial charge in [0.25, 0.3) is 0 Å². The first-order chi connectivity index (χ1) is 9.69. The van der Waals surface area contributed by atoms with Gasteiger partial charge >= 0.3 is 0 Å². The van der Waals surface area contributed by atoms with Gasteiger partial charge in [0.05, 0.1) is 5.75 Å². The molecule has 0 spiro atoms. The molecule has 1 fully saturated rings. The second-order valence-corrected chi connectivity index (χ2v) is 6.66. The van der Waals surface area contributed by atoms with Crippen LogP contribution < -0.4 is 0 Å². The van der Waals surface area contributed by atoms with Crippen molar-refractivity contribution in [2.75, 3.05) is 12.3 Å². The van der Waals surface area contributed by atoms with Gasteiger partial charge in [0.15, 0.2) is 0 Å². The van der Waals surface area contributed by atoms with Gasteiger partial charge in [-0.25, -0.2) is 0 Å². The van der Waals surface area contributed by atoms with Crippen LogP contribution in [-0.4, -0.2) is 27.7 Å². The van der Waals surface area contributed by atoms with Gasteiger partial charge in [-0.3, -0.25) is 4.79 Å². The average Bonchev–Trinajstić information content (AvgIpc) is 3.06. The quantitative estimate of drug-likeness (QED) is 0.840. The molecule has 0 N–H and O–H groups in total. The molecule has 1 aromatic carbocycles. The molecular weight excluding hydrogens is 336 g/mol. The highest BCUT2D eigenvalue weighted by Crippen LogP contribution is 2.38. The van der Waals surface area contributed by atoms with Crippen LogP contribution in [-0.2, 0) is 4.79 Å². The van der Waals surface area contributed by atoms with Crippen molar-refractivity contribution in [1.29, 1.82) is 0 Å². The molecule has 5 heteroatoms. The molecule has 0 aliphatic carbocycles. The molecule has 0 bridgehead atoms. The van der Waals surface area contributed by atoms with E-state index in [0.29, 0.717) is 5.75 Å². The van der Waals surface area contributed by atoms with E-state index < -0.39 is 0 Å². The van der Waals surface area contributed by atoms with Crippen LogP contribution in [0.1, 0.15) is 17.9 Å². The van der Waals surface area contributed by atoms with Gasteiger partial charge in [0.1, 0.15) is 5.37 Å². The topological polar surface area (TPSA) is 25.2 Å². The van der Waals surface area contributed by atoms with E-state index in [4.69, 9.17) is 0 Å². The summed E-state index contributed by atoms with van der Waals surface area (Å²) in [4.78, 5) is 13.7. The minimum atomic E-state index is 0.157. The van der Waals surface area contributed by atoms with Gasteiger partial charge in [-0.2, -0.15) is 0 Å². The third kappa shape index (κ3) is 2.52. The van der Waals surface area contributed by atoms with E-state index in [1.165, 1.54) is 5.56 Å². The fraction of sp³-hybridized carbons (Fsp3) is 0.267. The van der Waals surface area contributed by atoms with E-state index in [1.807, 2.05) is 24.0 Å². The Balaban J connectivity index is 1.87. The number of carbonyl (C=O) groups excluding carboxylic acids is 1. The van der Waals surface area contributed by atoms with Crippen molar-refractivity contribution < 1.29 is 4.79 Å². The van der Waals surface area contributed by atoms with Crippen molar-refractivity contribution in [3.63, 3.8) is 0 Å². The zero-order valence-corrected chi connectivity index (χ0v) is 13.5. The number of benzene rings is 1. The fourth-order valence-corrected chi connectivity index (χ4v) is 3.91. The lowest BCUT2D eigenvalue weighted by molar-refractivity contribution is -0.127. The average molecular weight is 351 g/mol. The summed E-state index contributed by atoms with van der Waals surface area (Å²) >= 11 is 5.15. The van der Waals surface area contributed by atoms with Crippen LogP contribution in [0.25, 0.3) is 5.69 Å². The predicted molar refractivity (Wildman–Crippen MR) is 86.1 cm³/mol. The van der Waals surface area contributed by atoms with Crippen LogP contribution >= 0.6 is 27.7 Å². The number of carbonyl (C=O) groups is 1. The van der Waals surface area contributed by atoms with Crippen molar-refractivity contribution in [3.05, 3.63) is 52.8 Å². The Kier molecular flexibility index (Phi) is 3.89. The number of nitrogens with zero attached hydrogens (tertiary/aromatic N) is 2.